The molecule has 0 aliphatic heterocycles. The number of carbonyl (C=O) groups is 1. The van der Waals surface area contributed by atoms with Gasteiger partial charge in [-0.1, -0.05) is 36.9 Å². The Bertz CT molecular complexity index is 648. The maximum Gasteiger partial charge on any atom is 0.333 e. The predicted octanol–water partition coefficient (Wildman–Crippen LogP) is 2.70. The van der Waals surface area contributed by atoms with Gasteiger partial charge in [0.05, 0.1) is 0 Å². The molecule has 0 aliphatic carbocycles. The minimum Gasteiger partial charge on any atom is -0.491 e. The number of fused-ring (bicyclic) bond motifs is 1. The second-order valence-electron chi connectivity index (χ2n) is 4.85. The minimum atomic E-state index is -0.875. The normalized spacial score (nSPS) is 11.9. The van der Waals surface area contributed by atoms with E-state index < -0.39 is 12.1 Å². The lowest BCUT2D eigenvalue weighted by Crippen LogP contribution is -2.25. The molecule has 4 nitrogen and oxygen atoms in total. The van der Waals surface area contributed by atoms with Gasteiger partial charge in [-0.05, 0) is 29.8 Å². The molecule has 0 aliphatic rings. The fourth-order valence-electron chi connectivity index (χ4n) is 1.79. The third kappa shape index (κ3) is 4.33. The number of esters is 1. The number of aliphatic hydroxyl groups is 1. The Hall–Kier alpha value is -2.33. The molecular formula is C17H18O4. The first-order valence-corrected chi connectivity index (χ1v) is 6.68. The van der Waals surface area contributed by atoms with Crippen LogP contribution in [0.1, 0.15) is 6.92 Å². The molecule has 21 heavy (non-hydrogen) atoms. The molecule has 0 amide bonds. The van der Waals surface area contributed by atoms with Gasteiger partial charge in [-0.15, -0.1) is 0 Å². The first kappa shape index (κ1) is 15.1. The van der Waals surface area contributed by atoms with Crippen molar-refractivity contribution < 1.29 is 19.4 Å². The topological polar surface area (TPSA) is 55.8 Å². The molecule has 2 aromatic rings. The van der Waals surface area contributed by atoms with E-state index in [9.17, 15) is 9.90 Å². The molecule has 0 saturated heterocycles. The minimum absolute atomic E-state index is 0.0574. The Labute approximate surface area is 123 Å². The number of hydrogen-bond donors (Lipinski definition) is 1. The molecule has 1 atom stereocenters. The first-order chi connectivity index (χ1) is 10.1. The van der Waals surface area contributed by atoms with Crippen molar-refractivity contribution in [3.63, 3.8) is 0 Å². The lowest BCUT2D eigenvalue weighted by atomic mass is 10.1. The van der Waals surface area contributed by atoms with Crippen molar-refractivity contribution in [2.45, 2.75) is 13.0 Å². The van der Waals surface area contributed by atoms with Gasteiger partial charge >= 0.3 is 5.97 Å². The summed E-state index contributed by atoms with van der Waals surface area (Å²) in [5, 5.41) is 11.9. The van der Waals surface area contributed by atoms with Crippen LogP contribution in [0.4, 0.5) is 0 Å². The lowest BCUT2D eigenvalue weighted by molar-refractivity contribution is -0.142. The Morgan fingerprint density at radius 3 is 2.62 bits per heavy atom. The van der Waals surface area contributed by atoms with E-state index in [0.717, 1.165) is 10.8 Å². The van der Waals surface area contributed by atoms with Gasteiger partial charge < -0.3 is 14.6 Å². The van der Waals surface area contributed by atoms with Crippen LogP contribution in [-0.2, 0) is 9.53 Å². The highest BCUT2D eigenvalue weighted by Crippen LogP contribution is 2.20. The Morgan fingerprint density at radius 2 is 1.90 bits per heavy atom. The van der Waals surface area contributed by atoms with E-state index in [0.29, 0.717) is 11.3 Å². The molecule has 1 N–H and O–H groups in total. The largest absolute Gasteiger partial charge is 0.491 e. The van der Waals surface area contributed by atoms with Gasteiger partial charge in [0.2, 0.25) is 0 Å². The van der Waals surface area contributed by atoms with E-state index in [2.05, 4.69) is 6.58 Å². The second-order valence-corrected chi connectivity index (χ2v) is 4.85. The van der Waals surface area contributed by atoms with Crippen LogP contribution in [0.2, 0.25) is 0 Å². The van der Waals surface area contributed by atoms with Crippen LogP contribution < -0.4 is 4.74 Å². The second kappa shape index (κ2) is 6.90. The molecular weight excluding hydrogens is 268 g/mol. The van der Waals surface area contributed by atoms with E-state index in [-0.39, 0.29) is 13.2 Å². The van der Waals surface area contributed by atoms with Gasteiger partial charge in [0.1, 0.15) is 25.1 Å². The molecule has 0 spiro atoms. The average molecular weight is 286 g/mol. The fraction of sp³-hybridized carbons (Fsp3) is 0.235. The van der Waals surface area contributed by atoms with E-state index in [1.54, 1.807) is 6.92 Å². The van der Waals surface area contributed by atoms with Gasteiger partial charge in [-0.2, -0.15) is 0 Å². The highest BCUT2D eigenvalue weighted by Gasteiger charge is 2.10. The highest BCUT2D eigenvalue weighted by molar-refractivity contribution is 5.87. The van der Waals surface area contributed by atoms with Crippen molar-refractivity contribution in [3.8, 4) is 5.75 Å². The number of ether oxygens (including phenoxy) is 2. The molecule has 0 saturated carbocycles. The van der Waals surface area contributed by atoms with Crippen LogP contribution in [-0.4, -0.2) is 30.4 Å². The van der Waals surface area contributed by atoms with Gasteiger partial charge in [0.25, 0.3) is 0 Å². The van der Waals surface area contributed by atoms with Gasteiger partial charge in [-0.25, -0.2) is 4.79 Å². The lowest BCUT2D eigenvalue weighted by Gasteiger charge is -2.13. The maximum atomic E-state index is 11.2. The summed E-state index contributed by atoms with van der Waals surface area (Å²) in [6.07, 6.45) is -0.875. The molecule has 2 aromatic carbocycles. The van der Waals surface area contributed by atoms with E-state index >= 15 is 0 Å². The van der Waals surface area contributed by atoms with Gasteiger partial charge in [0, 0.05) is 5.57 Å². The summed E-state index contributed by atoms with van der Waals surface area (Å²) in [7, 11) is 0. The first-order valence-electron chi connectivity index (χ1n) is 6.68. The number of aliphatic hydroxyl groups excluding tert-OH is 1. The fourth-order valence-corrected chi connectivity index (χ4v) is 1.79. The van der Waals surface area contributed by atoms with Crippen molar-refractivity contribution >= 4 is 16.7 Å². The summed E-state index contributed by atoms with van der Waals surface area (Å²) in [5.41, 5.74) is 0.303. The maximum absolute atomic E-state index is 11.2. The molecule has 110 valence electrons. The number of hydrogen-bond acceptors (Lipinski definition) is 4. The van der Waals surface area contributed by atoms with Gasteiger partial charge in [0.15, 0.2) is 0 Å². The average Bonchev–Trinajstić information content (AvgIpc) is 2.50. The van der Waals surface area contributed by atoms with E-state index in [1.165, 1.54) is 0 Å². The van der Waals surface area contributed by atoms with Crippen LogP contribution in [0, 0.1) is 0 Å². The van der Waals surface area contributed by atoms with E-state index in [1.807, 2.05) is 42.5 Å². The van der Waals surface area contributed by atoms with Gasteiger partial charge in [-0.3, -0.25) is 0 Å². The van der Waals surface area contributed by atoms with Crippen molar-refractivity contribution in [2.24, 2.45) is 0 Å². The molecule has 0 aromatic heterocycles. The molecule has 0 fully saturated rings. The number of rotatable bonds is 6. The monoisotopic (exact) mass is 286 g/mol. The molecule has 0 heterocycles. The van der Waals surface area contributed by atoms with Crippen molar-refractivity contribution in [3.05, 3.63) is 54.6 Å². The van der Waals surface area contributed by atoms with Crippen LogP contribution in [0.15, 0.2) is 54.6 Å². The molecule has 2 rings (SSSR count). The molecule has 4 heteroatoms. The quantitative estimate of drug-likeness (QED) is 0.655. The summed E-state index contributed by atoms with van der Waals surface area (Å²) in [5.74, 6) is 0.152. The third-order valence-electron chi connectivity index (χ3n) is 2.92. The number of carbonyl (C=O) groups excluding carboxylic acids is 1. The zero-order valence-electron chi connectivity index (χ0n) is 11.9. The van der Waals surface area contributed by atoms with Crippen LogP contribution >= 0.6 is 0 Å². The SMILES string of the molecule is C=C(C)C(=O)OCC(O)COc1ccc2ccccc2c1. The van der Waals surface area contributed by atoms with Crippen molar-refractivity contribution in [2.75, 3.05) is 13.2 Å². The predicted molar refractivity (Wildman–Crippen MR) is 81.2 cm³/mol. The highest BCUT2D eigenvalue weighted by atomic mass is 16.5. The zero-order chi connectivity index (χ0) is 15.2. The van der Waals surface area contributed by atoms with Crippen LogP contribution in [0.3, 0.4) is 0 Å². The summed E-state index contributed by atoms with van der Waals surface area (Å²) in [6, 6.07) is 13.6. The zero-order valence-corrected chi connectivity index (χ0v) is 11.9. The smallest absolute Gasteiger partial charge is 0.333 e. The standard InChI is InChI=1S/C17H18O4/c1-12(2)17(19)21-11-15(18)10-20-16-8-7-13-5-3-4-6-14(13)9-16/h3-9,15,18H,1,10-11H2,2H3. The van der Waals surface area contributed by atoms with Crippen LogP contribution in [0.5, 0.6) is 5.75 Å². The summed E-state index contributed by atoms with van der Waals surface area (Å²) in [4.78, 5) is 11.2. The summed E-state index contributed by atoms with van der Waals surface area (Å²) >= 11 is 0. The summed E-state index contributed by atoms with van der Waals surface area (Å²) in [6.45, 7) is 4.97. The Kier molecular flexibility index (Phi) is 4.95. The van der Waals surface area contributed by atoms with Crippen molar-refractivity contribution in [1.82, 2.24) is 0 Å². The molecule has 1 unspecified atom stereocenters. The summed E-state index contributed by atoms with van der Waals surface area (Å²) < 4.78 is 10.4. The van der Waals surface area contributed by atoms with E-state index in [4.69, 9.17) is 9.47 Å². The molecule has 0 bridgehead atoms. The van der Waals surface area contributed by atoms with Crippen LogP contribution in [0.25, 0.3) is 10.8 Å². The number of benzene rings is 2. The third-order valence-corrected chi connectivity index (χ3v) is 2.92. The Morgan fingerprint density at radius 1 is 1.19 bits per heavy atom. The molecule has 0 radical (unpaired) electrons. The Balaban J connectivity index is 1.86. The van der Waals surface area contributed by atoms with Crippen molar-refractivity contribution in [1.29, 1.82) is 0 Å².